The first-order chi connectivity index (χ1) is 12.9. The maximum atomic E-state index is 13.0. The van der Waals surface area contributed by atoms with E-state index >= 15 is 0 Å². The number of amides is 2. The number of carbonyl (C=O) groups is 2. The third-order valence-electron chi connectivity index (χ3n) is 5.28. The lowest BCUT2D eigenvalue weighted by Crippen LogP contribution is -2.60. The minimum absolute atomic E-state index is 0.138. The van der Waals surface area contributed by atoms with E-state index in [0.717, 1.165) is 25.7 Å². The highest BCUT2D eigenvalue weighted by Crippen LogP contribution is 2.30. The van der Waals surface area contributed by atoms with Crippen LogP contribution in [0.5, 0.6) is 0 Å². The van der Waals surface area contributed by atoms with Gasteiger partial charge in [0.15, 0.2) is 5.76 Å². The molecule has 1 aliphatic carbocycles. The monoisotopic (exact) mass is 376 g/mol. The Morgan fingerprint density at radius 1 is 1.37 bits per heavy atom. The number of rotatable bonds is 5. The lowest BCUT2D eigenvalue weighted by Gasteiger charge is -2.40. The van der Waals surface area contributed by atoms with E-state index in [1.165, 1.54) is 29.8 Å². The molecule has 1 N–H and O–H groups in total. The van der Waals surface area contributed by atoms with Crippen molar-refractivity contribution in [1.29, 1.82) is 0 Å². The Bertz CT molecular complexity index is 753. The van der Waals surface area contributed by atoms with Gasteiger partial charge in [0.1, 0.15) is 10.5 Å². The summed E-state index contributed by atoms with van der Waals surface area (Å²) in [6, 6.07) is 2.75. The largest absolute Gasteiger partial charge is 0.433 e. The fourth-order valence-electron chi connectivity index (χ4n) is 3.68. The summed E-state index contributed by atoms with van der Waals surface area (Å²) in [5.41, 5.74) is -1.08. The molecule has 1 saturated carbocycles. The maximum Gasteiger partial charge on any atom is 0.433 e. The number of carbonyl (C=O) groups excluding carboxylic acids is 2. The van der Waals surface area contributed by atoms with Gasteiger partial charge >= 0.3 is 5.88 Å². The van der Waals surface area contributed by atoms with Crippen molar-refractivity contribution in [1.82, 2.24) is 10.3 Å². The minimum atomic E-state index is -1.08. The average molecular weight is 376 g/mol. The predicted molar refractivity (Wildman–Crippen MR) is 97.1 cm³/mol. The Morgan fingerprint density at radius 3 is 2.78 bits per heavy atom. The molecular formula is C18H24N4O5. The first-order valence-corrected chi connectivity index (χ1v) is 9.32. The van der Waals surface area contributed by atoms with Crippen molar-refractivity contribution in [2.45, 2.75) is 69.9 Å². The molecule has 3 rings (SSSR count). The highest BCUT2D eigenvalue weighted by molar-refractivity contribution is 5.93. The Balaban J connectivity index is 1.76. The fourth-order valence-corrected chi connectivity index (χ4v) is 3.68. The Morgan fingerprint density at radius 2 is 2.11 bits per heavy atom. The zero-order chi connectivity index (χ0) is 19.4. The van der Waals surface area contributed by atoms with Gasteiger partial charge in [-0.25, -0.2) is 5.01 Å². The highest BCUT2D eigenvalue weighted by atomic mass is 16.6. The summed E-state index contributed by atoms with van der Waals surface area (Å²) >= 11 is 0. The van der Waals surface area contributed by atoms with Gasteiger partial charge in [0.05, 0.1) is 12.3 Å². The Kier molecular flexibility index (Phi) is 5.57. The second-order valence-corrected chi connectivity index (χ2v) is 7.32. The normalized spacial score (nSPS) is 24.3. The minimum Gasteiger partial charge on any atom is -0.400 e. The van der Waals surface area contributed by atoms with Crippen LogP contribution in [0.25, 0.3) is 0 Å². The quantitative estimate of drug-likeness (QED) is 0.481. The van der Waals surface area contributed by atoms with Gasteiger partial charge in [-0.2, -0.15) is 5.10 Å². The molecule has 1 unspecified atom stereocenters. The molecule has 9 heteroatoms. The number of hydrogen-bond acceptors (Lipinski definition) is 6. The molecular weight excluding hydrogens is 352 g/mol. The van der Waals surface area contributed by atoms with E-state index in [1.54, 1.807) is 6.92 Å². The summed E-state index contributed by atoms with van der Waals surface area (Å²) in [7, 11) is 0. The molecule has 0 spiro atoms. The molecule has 0 aromatic carbocycles. The smallest absolute Gasteiger partial charge is 0.400 e. The van der Waals surface area contributed by atoms with Gasteiger partial charge in [0, 0.05) is 12.5 Å². The number of piperidine rings is 1. The number of nitro groups is 1. The first-order valence-electron chi connectivity index (χ1n) is 9.32. The van der Waals surface area contributed by atoms with Crippen LogP contribution in [-0.4, -0.2) is 39.5 Å². The summed E-state index contributed by atoms with van der Waals surface area (Å²) in [5.74, 6) is -0.709. The van der Waals surface area contributed by atoms with Crippen LogP contribution < -0.4 is 5.32 Å². The topological polar surface area (TPSA) is 118 Å². The van der Waals surface area contributed by atoms with Gasteiger partial charge < -0.3 is 9.73 Å². The van der Waals surface area contributed by atoms with Crippen LogP contribution in [0.4, 0.5) is 5.88 Å². The summed E-state index contributed by atoms with van der Waals surface area (Å²) in [6.07, 6.45) is 7.96. The molecule has 2 heterocycles. The second-order valence-electron chi connectivity index (χ2n) is 7.32. The van der Waals surface area contributed by atoms with Crippen molar-refractivity contribution in [3.05, 3.63) is 28.0 Å². The van der Waals surface area contributed by atoms with Crippen molar-refractivity contribution in [3.8, 4) is 0 Å². The number of nitrogens with zero attached hydrogens (tertiary/aromatic N) is 3. The third-order valence-corrected chi connectivity index (χ3v) is 5.28. The van der Waals surface area contributed by atoms with Crippen LogP contribution in [0, 0.1) is 10.1 Å². The van der Waals surface area contributed by atoms with E-state index < -0.39 is 16.3 Å². The van der Waals surface area contributed by atoms with E-state index in [4.69, 9.17) is 4.42 Å². The molecule has 0 radical (unpaired) electrons. The van der Waals surface area contributed by atoms with Gasteiger partial charge in [-0.05, 0) is 38.7 Å². The maximum absolute atomic E-state index is 13.0. The standard InChI is InChI=1S/C18H24N4O5/c1-18(17(24)20-13-6-3-2-4-7-13)11-5-8-15(23)21(18)19-12-14-9-10-16(27-14)22(25)26/h9-10,12-13H,2-8,11H2,1H3,(H,20,24)/b19-12+. The number of nitrogens with one attached hydrogen (secondary N) is 1. The zero-order valence-corrected chi connectivity index (χ0v) is 15.3. The van der Waals surface area contributed by atoms with Crippen molar-refractivity contribution >= 4 is 23.9 Å². The number of hydrogen-bond donors (Lipinski definition) is 1. The molecule has 146 valence electrons. The summed E-state index contributed by atoms with van der Waals surface area (Å²) in [5, 5.41) is 19.1. The molecule has 27 heavy (non-hydrogen) atoms. The van der Waals surface area contributed by atoms with Gasteiger partial charge in [-0.15, -0.1) is 0 Å². The van der Waals surface area contributed by atoms with Crippen LogP contribution in [0.15, 0.2) is 21.7 Å². The molecule has 2 fully saturated rings. The number of hydrazone groups is 1. The highest BCUT2D eigenvalue weighted by Gasteiger charge is 2.45. The van der Waals surface area contributed by atoms with E-state index in [1.807, 2.05) is 0 Å². The first kappa shape index (κ1) is 19.1. The Hall–Kier alpha value is -2.71. The summed E-state index contributed by atoms with van der Waals surface area (Å²) in [6.45, 7) is 1.71. The van der Waals surface area contributed by atoms with Crippen LogP contribution in [0.3, 0.4) is 0 Å². The van der Waals surface area contributed by atoms with Crippen LogP contribution in [0.1, 0.15) is 64.1 Å². The second kappa shape index (κ2) is 7.89. The van der Waals surface area contributed by atoms with E-state index in [0.29, 0.717) is 19.3 Å². The van der Waals surface area contributed by atoms with Crippen molar-refractivity contribution in [3.63, 3.8) is 0 Å². The van der Waals surface area contributed by atoms with Gasteiger partial charge in [0.2, 0.25) is 11.8 Å². The number of furan rings is 1. The summed E-state index contributed by atoms with van der Waals surface area (Å²) in [4.78, 5) is 35.4. The lowest BCUT2D eigenvalue weighted by molar-refractivity contribution is -0.402. The van der Waals surface area contributed by atoms with Crippen molar-refractivity contribution in [2.24, 2.45) is 5.10 Å². The molecule has 2 aliphatic rings. The average Bonchev–Trinajstić information content (AvgIpc) is 3.11. The molecule has 0 bridgehead atoms. The Labute approximate surface area is 156 Å². The van der Waals surface area contributed by atoms with Crippen LogP contribution in [0.2, 0.25) is 0 Å². The van der Waals surface area contributed by atoms with Crippen molar-refractivity contribution in [2.75, 3.05) is 0 Å². The molecule has 1 aromatic rings. The van der Waals surface area contributed by atoms with Gasteiger partial charge in [-0.1, -0.05) is 19.3 Å². The lowest BCUT2D eigenvalue weighted by atomic mass is 9.87. The molecule has 9 nitrogen and oxygen atoms in total. The van der Waals surface area contributed by atoms with Crippen molar-refractivity contribution < 1.29 is 18.9 Å². The molecule has 1 atom stereocenters. The molecule has 1 aromatic heterocycles. The van der Waals surface area contributed by atoms with E-state index in [9.17, 15) is 19.7 Å². The molecule has 1 aliphatic heterocycles. The van der Waals surface area contributed by atoms with E-state index in [-0.39, 0.29) is 23.6 Å². The molecule has 1 saturated heterocycles. The predicted octanol–water partition coefficient (Wildman–Crippen LogP) is 2.74. The SMILES string of the molecule is CC1(C(=O)NC2CCCCC2)CCCC(=O)N1/N=C/c1ccc([N+](=O)[O-])o1. The third kappa shape index (κ3) is 4.17. The van der Waals surface area contributed by atoms with Crippen LogP contribution in [-0.2, 0) is 9.59 Å². The van der Waals surface area contributed by atoms with Gasteiger partial charge in [-0.3, -0.25) is 19.7 Å². The summed E-state index contributed by atoms with van der Waals surface area (Å²) < 4.78 is 5.03. The fraction of sp³-hybridized carbons (Fsp3) is 0.611. The van der Waals surface area contributed by atoms with E-state index in [2.05, 4.69) is 10.4 Å². The van der Waals surface area contributed by atoms with Gasteiger partial charge in [0.25, 0.3) is 0 Å². The molecule has 2 amide bonds. The zero-order valence-electron chi connectivity index (χ0n) is 15.3. The van der Waals surface area contributed by atoms with Crippen LogP contribution >= 0.6 is 0 Å².